The fourth-order valence-corrected chi connectivity index (χ4v) is 1.78. The molecule has 0 saturated carbocycles. The number of hydrogen-bond acceptors (Lipinski definition) is 4. The van der Waals surface area contributed by atoms with Gasteiger partial charge < -0.3 is 10.4 Å². The van der Waals surface area contributed by atoms with Gasteiger partial charge >= 0.3 is 5.97 Å². The van der Waals surface area contributed by atoms with Crippen molar-refractivity contribution in [1.82, 2.24) is 0 Å². The smallest absolute Gasteiger partial charge is 0.342 e. The molecule has 0 aliphatic heterocycles. The van der Waals surface area contributed by atoms with E-state index in [1.165, 1.54) is 24.3 Å². The van der Waals surface area contributed by atoms with Gasteiger partial charge in [-0.05, 0) is 29.8 Å². The predicted molar refractivity (Wildman–Crippen MR) is 73.8 cm³/mol. The monoisotopic (exact) mass is 290 g/mol. The van der Waals surface area contributed by atoms with Gasteiger partial charge in [0, 0.05) is 18.3 Å². The van der Waals surface area contributed by atoms with Crippen LogP contribution in [0.5, 0.6) is 0 Å². The van der Waals surface area contributed by atoms with Crippen molar-refractivity contribution in [2.24, 2.45) is 0 Å². The molecule has 0 radical (unpaired) electrons. The van der Waals surface area contributed by atoms with Crippen LogP contribution in [0.2, 0.25) is 0 Å². The first-order valence-corrected chi connectivity index (χ1v) is 5.97. The molecule has 0 heterocycles. The second-order valence-electron chi connectivity index (χ2n) is 4.27. The van der Waals surface area contributed by atoms with Crippen molar-refractivity contribution < 1.29 is 19.2 Å². The first-order valence-electron chi connectivity index (χ1n) is 5.97. The SMILES string of the molecule is O=C(O)c1ccc(NCc2ccc(F)cc2)cc1[N+](=O)[O-]. The van der Waals surface area contributed by atoms with Crippen LogP contribution in [0.3, 0.4) is 0 Å². The number of carboxylic acid groups (broad SMARTS) is 1. The van der Waals surface area contributed by atoms with E-state index in [9.17, 15) is 19.3 Å². The minimum Gasteiger partial charge on any atom is -0.477 e. The zero-order valence-corrected chi connectivity index (χ0v) is 10.7. The van der Waals surface area contributed by atoms with E-state index in [4.69, 9.17) is 5.11 Å². The molecule has 0 fully saturated rings. The Labute approximate surface area is 119 Å². The number of nitrogens with zero attached hydrogens (tertiary/aromatic N) is 1. The highest BCUT2D eigenvalue weighted by atomic mass is 19.1. The van der Waals surface area contributed by atoms with Gasteiger partial charge in [0.15, 0.2) is 0 Å². The van der Waals surface area contributed by atoms with Gasteiger partial charge in [0.25, 0.3) is 5.69 Å². The van der Waals surface area contributed by atoms with E-state index in [-0.39, 0.29) is 11.4 Å². The lowest BCUT2D eigenvalue weighted by Gasteiger charge is -2.07. The van der Waals surface area contributed by atoms with Crippen LogP contribution in [0.25, 0.3) is 0 Å². The fraction of sp³-hybridized carbons (Fsp3) is 0.0714. The van der Waals surface area contributed by atoms with Crippen molar-refractivity contribution in [2.75, 3.05) is 5.32 Å². The van der Waals surface area contributed by atoms with E-state index in [2.05, 4.69) is 5.32 Å². The standard InChI is InChI=1S/C14H11FN2O4/c15-10-3-1-9(2-4-10)8-16-11-5-6-12(14(18)19)13(7-11)17(20)21/h1-7,16H,8H2,(H,18,19). The van der Waals surface area contributed by atoms with E-state index in [0.29, 0.717) is 12.2 Å². The molecule has 108 valence electrons. The maximum atomic E-state index is 12.8. The molecule has 21 heavy (non-hydrogen) atoms. The molecule has 2 rings (SSSR count). The molecule has 2 aromatic rings. The molecule has 2 aromatic carbocycles. The number of nitrogens with one attached hydrogen (secondary N) is 1. The molecule has 0 aromatic heterocycles. The summed E-state index contributed by atoms with van der Waals surface area (Å²) < 4.78 is 12.8. The van der Waals surface area contributed by atoms with Crippen molar-refractivity contribution in [2.45, 2.75) is 6.54 Å². The van der Waals surface area contributed by atoms with Gasteiger partial charge in [-0.2, -0.15) is 0 Å². The lowest BCUT2D eigenvalue weighted by molar-refractivity contribution is -0.385. The van der Waals surface area contributed by atoms with E-state index < -0.39 is 16.6 Å². The summed E-state index contributed by atoms with van der Waals surface area (Å²) in [5.41, 5.74) is 0.358. The number of rotatable bonds is 5. The first-order chi connectivity index (χ1) is 9.97. The van der Waals surface area contributed by atoms with Crippen molar-refractivity contribution in [3.63, 3.8) is 0 Å². The molecule has 0 saturated heterocycles. The third-order valence-corrected chi connectivity index (χ3v) is 2.83. The topological polar surface area (TPSA) is 92.5 Å². The van der Waals surface area contributed by atoms with Crippen LogP contribution in [0, 0.1) is 15.9 Å². The molecular formula is C14H11FN2O4. The molecule has 0 spiro atoms. The highest BCUT2D eigenvalue weighted by Gasteiger charge is 2.19. The number of aromatic carboxylic acids is 1. The number of benzene rings is 2. The van der Waals surface area contributed by atoms with E-state index in [1.54, 1.807) is 12.1 Å². The molecule has 7 heteroatoms. The van der Waals surface area contributed by atoms with Crippen molar-refractivity contribution in [3.05, 3.63) is 69.5 Å². The zero-order valence-electron chi connectivity index (χ0n) is 10.7. The van der Waals surface area contributed by atoms with Gasteiger partial charge in [-0.3, -0.25) is 10.1 Å². The van der Waals surface area contributed by atoms with Crippen LogP contribution < -0.4 is 5.32 Å². The van der Waals surface area contributed by atoms with Crippen LogP contribution in [-0.4, -0.2) is 16.0 Å². The lowest BCUT2D eigenvalue weighted by Crippen LogP contribution is -2.05. The Morgan fingerprint density at radius 2 is 1.90 bits per heavy atom. The van der Waals surface area contributed by atoms with Crippen LogP contribution >= 0.6 is 0 Å². The number of halogens is 1. The molecule has 0 amide bonds. The van der Waals surface area contributed by atoms with Gasteiger partial charge in [-0.15, -0.1) is 0 Å². The average Bonchev–Trinajstić information content (AvgIpc) is 2.46. The Kier molecular flexibility index (Phi) is 4.13. The Morgan fingerprint density at radius 1 is 1.24 bits per heavy atom. The summed E-state index contributed by atoms with van der Waals surface area (Å²) in [6.45, 7) is 0.337. The van der Waals surface area contributed by atoms with Gasteiger partial charge in [0.2, 0.25) is 0 Å². The molecule has 0 bridgehead atoms. The van der Waals surface area contributed by atoms with E-state index in [0.717, 1.165) is 11.6 Å². The molecule has 0 aliphatic rings. The summed E-state index contributed by atoms with van der Waals surface area (Å²) in [4.78, 5) is 21.0. The number of anilines is 1. The Bertz CT molecular complexity index is 686. The molecular weight excluding hydrogens is 279 g/mol. The van der Waals surface area contributed by atoms with Crippen molar-refractivity contribution in [3.8, 4) is 0 Å². The number of nitro groups is 1. The number of hydrogen-bond donors (Lipinski definition) is 2. The van der Waals surface area contributed by atoms with Crippen molar-refractivity contribution >= 4 is 17.3 Å². The number of carboxylic acids is 1. The summed E-state index contributed by atoms with van der Waals surface area (Å²) in [5, 5.41) is 22.7. The van der Waals surface area contributed by atoms with E-state index >= 15 is 0 Å². The predicted octanol–water partition coefficient (Wildman–Crippen LogP) is 3.04. The normalized spacial score (nSPS) is 10.1. The van der Waals surface area contributed by atoms with E-state index in [1.807, 2.05) is 0 Å². The van der Waals surface area contributed by atoms with Crippen LogP contribution in [0.4, 0.5) is 15.8 Å². The van der Waals surface area contributed by atoms with Gasteiger partial charge in [-0.1, -0.05) is 12.1 Å². The van der Waals surface area contributed by atoms with Gasteiger partial charge in [0.1, 0.15) is 11.4 Å². The van der Waals surface area contributed by atoms with Crippen LogP contribution in [-0.2, 0) is 6.54 Å². The zero-order chi connectivity index (χ0) is 15.4. The maximum Gasteiger partial charge on any atom is 0.342 e. The van der Waals surface area contributed by atoms with Crippen molar-refractivity contribution in [1.29, 1.82) is 0 Å². The first kappa shape index (κ1) is 14.4. The molecule has 0 aliphatic carbocycles. The summed E-state index contributed by atoms with van der Waals surface area (Å²) in [7, 11) is 0. The summed E-state index contributed by atoms with van der Waals surface area (Å²) in [6.07, 6.45) is 0. The quantitative estimate of drug-likeness (QED) is 0.652. The highest BCUT2D eigenvalue weighted by Crippen LogP contribution is 2.23. The molecule has 0 unspecified atom stereocenters. The lowest BCUT2D eigenvalue weighted by atomic mass is 10.1. The largest absolute Gasteiger partial charge is 0.477 e. The number of carbonyl (C=O) groups is 1. The molecule has 6 nitrogen and oxygen atoms in total. The summed E-state index contributed by atoms with van der Waals surface area (Å²) in [6, 6.07) is 9.57. The fourth-order valence-electron chi connectivity index (χ4n) is 1.78. The summed E-state index contributed by atoms with van der Waals surface area (Å²) >= 11 is 0. The third-order valence-electron chi connectivity index (χ3n) is 2.83. The maximum absolute atomic E-state index is 12.8. The minimum atomic E-state index is -1.35. The molecule has 2 N–H and O–H groups in total. The Morgan fingerprint density at radius 3 is 2.48 bits per heavy atom. The summed E-state index contributed by atoms with van der Waals surface area (Å²) in [5.74, 6) is -1.70. The van der Waals surface area contributed by atoms with Crippen LogP contribution in [0.1, 0.15) is 15.9 Å². The average molecular weight is 290 g/mol. The number of nitro benzene ring substituents is 1. The third kappa shape index (κ3) is 3.53. The van der Waals surface area contributed by atoms with Gasteiger partial charge in [-0.25, -0.2) is 9.18 Å². The Balaban J connectivity index is 2.17. The molecule has 0 atom stereocenters. The van der Waals surface area contributed by atoms with Gasteiger partial charge in [0.05, 0.1) is 4.92 Å². The van der Waals surface area contributed by atoms with Crippen LogP contribution in [0.15, 0.2) is 42.5 Å². The second-order valence-corrected chi connectivity index (χ2v) is 4.27. The Hall–Kier alpha value is -2.96. The second kappa shape index (κ2) is 6.00. The highest BCUT2D eigenvalue weighted by molar-refractivity contribution is 5.93. The minimum absolute atomic E-state index is 0.337.